The van der Waals surface area contributed by atoms with Crippen LogP contribution in [0.1, 0.15) is 18.9 Å². The van der Waals surface area contributed by atoms with Gasteiger partial charge in [-0.2, -0.15) is 0 Å². The van der Waals surface area contributed by atoms with E-state index in [1.165, 1.54) is 6.42 Å². The van der Waals surface area contributed by atoms with Gasteiger partial charge in [0.1, 0.15) is 0 Å². The van der Waals surface area contributed by atoms with Crippen molar-refractivity contribution < 1.29 is 4.79 Å². The molecule has 21 heavy (non-hydrogen) atoms. The zero-order chi connectivity index (χ0) is 14.7. The van der Waals surface area contributed by atoms with Crippen LogP contribution in [0, 0.1) is 0 Å². The van der Waals surface area contributed by atoms with Crippen LogP contribution >= 0.6 is 0 Å². The van der Waals surface area contributed by atoms with E-state index < -0.39 is 0 Å². The predicted molar refractivity (Wildman–Crippen MR) is 85.3 cm³/mol. The number of fused-ring (bicyclic) bond motifs is 1. The van der Waals surface area contributed by atoms with Gasteiger partial charge in [0.05, 0.1) is 6.42 Å². The lowest BCUT2D eigenvalue weighted by Crippen LogP contribution is -2.49. The molecule has 4 heteroatoms. The highest BCUT2D eigenvalue weighted by Gasteiger charge is 2.21. The highest BCUT2D eigenvalue weighted by Crippen LogP contribution is 2.19. The normalized spacial score (nSPS) is 16.5. The van der Waals surface area contributed by atoms with E-state index in [1.54, 1.807) is 0 Å². The Kier molecular flexibility index (Phi) is 4.25. The van der Waals surface area contributed by atoms with Crippen LogP contribution in [0.3, 0.4) is 0 Å². The molecular weight excluding hydrogens is 262 g/mol. The van der Waals surface area contributed by atoms with Crippen LogP contribution < -0.4 is 0 Å². The summed E-state index contributed by atoms with van der Waals surface area (Å²) in [4.78, 5) is 20.2. The Bertz CT molecular complexity index is 611. The number of hydrogen-bond donors (Lipinski definition) is 1. The van der Waals surface area contributed by atoms with Crippen LogP contribution in [-0.2, 0) is 11.2 Å². The van der Waals surface area contributed by atoms with E-state index >= 15 is 0 Å². The van der Waals surface area contributed by atoms with Gasteiger partial charge in [-0.3, -0.25) is 9.69 Å². The molecule has 4 nitrogen and oxygen atoms in total. The molecule has 0 spiro atoms. The second kappa shape index (κ2) is 6.31. The molecule has 2 aromatic rings. The minimum atomic E-state index is 0.246. The molecule has 0 aliphatic carbocycles. The Balaban J connectivity index is 1.62. The number of benzene rings is 1. The molecule has 112 valence electrons. The van der Waals surface area contributed by atoms with Gasteiger partial charge in [0.25, 0.3) is 0 Å². The number of piperazine rings is 1. The van der Waals surface area contributed by atoms with Gasteiger partial charge < -0.3 is 9.88 Å². The lowest BCUT2D eigenvalue weighted by molar-refractivity contribution is -0.132. The minimum Gasteiger partial charge on any atom is -0.361 e. The average Bonchev–Trinajstić information content (AvgIpc) is 2.92. The van der Waals surface area contributed by atoms with Crippen molar-refractivity contribution in [1.82, 2.24) is 14.8 Å². The van der Waals surface area contributed by atoms with Gasteiger partial charge >= 0.3 is 0 Å². The van der Waals surface area contributed by atoms with Crippen LogP contribution in [0.5, 0.6) is 0 Å². The number of amides is 1. The number of hydrogen-bond acceptors (Lipinski definition) is 2. The fourth-order valence-electron chi connectivity index (χ4n) is 3.09. The third kappa shape index (κ3) is 3.10. The molecule has 1 aliphatic rings. The van der Waals surface area contributed by atoms with Crippen LogP contribution in [0.25, 0.3) is 10.9 Å². The Morgan fingerprint density at radius 3 is 2.71 bits per heavy atom. The molecule has 0 bridgehead atoms. The predicted octanol–water partition coefficient (Wildman–Crippen LogP) is 2.26. The van der Waals surface area contributed by atoms with E-state index in [4.69, 9.17) is 0 Å². The molecule has 3 rings (SSSR count). The summed E-state index contributed by atoms with van der Waals surface area (Å²) in [6.45, 7) is 7.09. The molecule has 2 heterocycles. The van der Waals surface area contributed by atoms with Gasteiger partial charge in [0, 0.05) is 43.3 Å². The van der Waals surface area contributed by atoms with Crippen molar-refractivity contribution in [2.24, 2.45) is 0 Å². The molecule has 0 unspecified atom stereocenters. The summed E-state index contributed by atoms with van der Waals surface area (Å²) in [6.07, 6.45) is 3.65. The fraction of sp³-hybridized carbons (Fsp3) is 0.471. The SMILES string of the molecule is CCCN1CCN(C(=O)Cc2c[nH]c3ccccc23)CC1. The van der Waals surface area contributed by atoms with E-state index in [9.17, 15) is 4.79 Å². The molecule has 1 aromatic carbocycles. The second-order valence-electron chi connectivity index (χ2n) is 5.76. The molecule has 1 aromatic heterocycles. The zero-order valence-electron chi connectivity index (χ0n) is 12.6. The Morgan fingerprint density at radius 2 is 1.95 bits per heavy atom. The van der Waals surface area contributed by atoms with E-state index in [2.05, 4.69) is 22.9 Å². The first-order valence-electron chi connectivity index (χ1n) is 7.83. The number of carbonyl (C=O) groups excluding carboxylic acids is 1. The molecule has 1 saturated heterocycles. The van der Waals surface area contributed by atoms with Gasteiger partial charge in [-0.15, -0.1) is 0 Å². The summed E-state index contributed by atoms with van der Waals surface area (Å²) in [7, 11) is 0. The summed E-state index contributed by atoms with van der Waals surface area (Å²) in [5, 5.41) is 1.16. The minimum absolute atomic E-state index is 0.246. The van der Waals surface area contributed by atoms with Crippen molar-refractivity contribution in [3.8, 4) is 0 Å². The maximum Gasteiger partial charge on any atom is 0.227 e. The number of carbonyl (C=O) groups is 1. The van der Waals surface area contributed by atoms with Crippen LogP contribution in [-0.4, -0.2) is 53.4 Å². The molecule has 1 fully saturated rings. The molecule has 0 atom stereocenters. The average molecular weight is 285 g/mol. The molecule has 1 aliphatic heterocycles. The van der Waals surface area contributed by atoms with E-state index in [-0.39, 0.29) is 5.91 Å². The largest absolute Gasteiger partial charge is 0.361 e. The number of para-hydroxylation sites is 1. The first-order chi connectivity index (χ1) is 10.3. The van der Waals surface area contributed by atoms with Crippen molar-refractivity contribution in [3.05, 3.63) is 36.0 Å². The number of rotatable bonds is 4. The van der Waals surface area contributed by atoms with Crippen molar-refractivity contribution in [3.63, 3.8) is 0 Å². The Morgan fingerprint density at radius 1 is 1.19 bits per heavy atom. The number of nitrogens with zero attached hydrogens (tertiary/aromatic N) is 2. The van der Waals surface area contributed by atoms with Gasteiger partial charge in [-0.1, -0.05) is 25.1 Å². The quantitative estimate of drug-likeness (QED) is 0.936. The number of aromatic nitrogens is 1. The van der Waals surface area contributed by atoms with Crippen molar-refractivity contribution in [2.75, 3.05) is 32.7 Å². The van der Waals surface area contributed by atoms with E-state index in [0.717, 1.165) is 49.2 Å². The van der Waals surface area contributed by atoms with Gasteiger partial charge in [0.2, 0.25) is 5.91 Å². The molecule has 0 saturated carbocycles. The molecule has 1 N–H and O–H groups in total. The third-order valence-corrected chi connectivity index (χ3v) is 4.28. The second-order valence-corrected chi connectivity index (χ2v) is 5.76. The summed E-state index contributed by atoms with van der Waals surface area (Å²) in [6, 6.07) is 8.16. The first kappa shape index (κ1) is 14.1. The number of nitrogens with one attached hydrogen (secondary N) is 1. The zero-order valence-corrected chi connectivity index (χ0v) is 12.6. The van der Waals surface area contributed by atoms with Crippen LogP contribution in [0.4, 0.5) is 0 Å². The van der Waals surface area contributed by atoms with Gasteiger partial charge in [0.15, 0.2) is 0 Å². The van der Waals surface area contributed by atoms with Gasteiger partial charge in [-0.25, -0.2) is 0 Å². The first-order valence-corrected chi connectivity index (χ1v) is 7.83. The maximum absolute atomic E-state index is 12.5. The van der Waals surface area contributed by atoms with Crippen molar-refractivity contribution >= 4 is 16.8 Å². The Hall–Kier alpha value is -1.81. The maximum atomic E-state index is 12.5. The topological polar surface area (TPSA) is 39.3 Å². The summed E-state index contributed by atoms with van der Waals surface area (Å²) in [5.41, 5.74) is 2.21. The number of H-pyrrole nitrogens is 1. The lowest BCUT2D eigenvalue weighted by Gasteiger charge is -2.34. The van der Waals surface area contributed by atoms with Gasteiger partial charge in [-0.05, 0) is 24.6 Å². The van der Waals surface area contributed by atoms with Crippen molar-refractivity contribution in [2.45, 2.75) is 19.8 Å². The summed E-state index contributed by atoms with van der Waals surface area (Å²) >= 11 is 0. The third-order valence-electron chi connectivity index (χ3n) is 4.28. The highest BCUT2D eigenvalue weighted by molar-refractivity contribution is 5.88. The van der Waals surface area contributed by atoms with E-state index in [1.807, 2.05) is 29.3 Å². The lowest BCUT2D eigenvalue weighted by atomic mass is 10.1. The monoisotopic (exact) mass is 285 g/mol. The number of aromatic amines is 1. The summed E-state index contributed by atoms with van der Waals surface area (Å²) in [5.74, 6) is 0.246. The molecule has 1 amide bonds. The smallest absolute Gasteiger partial charge is 0.227 e. The van der Waals surface area contributed by atoms with Crippen LogP contribution in [0.2, 0.25) is 0 Å². The van der Waals surface area contributed by atoms with Crippen molar-refractivity contribution in [1.29, 1.82) is 0 Å². The molecule has 0 radical (unpaired) electrons. The Labute approximate surface area is 125 Å². The van der Waals surface area contributed by atoms with Crippen LogP contribution in [0.15, 0.2) is 30.5 Å². The standard InChI is InChI=1S/C17H23N3O/c1-2-7-19-8-10-20(11-9-19)17(21)12-14-13-18-16-6-4-3-5-15(14)16/h3-6,13,18H,2,7-12H2,1H3. The summed E-state index contributed by atoms with van der Waals surface area (Å²) < 4.78 is 0. The van der Waals surface area contributed by atoms with E-state index in [0.29, 0.717) is 6.42 Å². The molecular formula is C17H23N3O. The highest BCUT2D eigenvalue weighted by atomic mass is 16.2. The fourth-order valence-corrected chi connectivity index (χ4v) is 3.09.